The average molecular weight is 373 g/mol. The highest BCUT2D eigenvalue weighted by Crippen LogP contribution is 2.23. The second-order valence-corrected chi connectivity index (χ2v) is 6.95. The highest BCUT2D eigenvalue weighted by molar-refractivity contribution is 7.99. The summed E-state index contributed by atoms with van der Waals surface area (Å²) >= 11 is 1.60. The molecule has 1 amide bonds. The summed E-state index contributed by atoms with van der Waals surface area (Å²) in [5.74, 6) is 2.33. The van der Waals surface area contributed by atoms with Crippen LogP contribution in [0.5, 0.6) is 5.75 Å². The van der Waals surface area contributed by atoms with Crippen LogP contribution < -0.4 is 10.1 Å². The third kappa shape index (κ3) is 3.55. The van der Waals surface area contributed by atoms with Gasteiger partial charge in [-0.3, -0.25) is 4.79 Å². The molecule has 0 aliphatic carbocycles. The van der Waals surface area contributed by atoms with Crippen LogP contribution in [0, 0.1) is 6.92 Å². The first-order valence-electron chi connectivity index (χ1n) is 8.49. The van der Waals surface area contributed by atoms with Gasteiger partial charge in [-0.25, -0.2) is 0 Å². The number of hydrogen-bond acceptors (Lipinski definition) is 5. The number of aryl methyl sites for hydroxylation is 2. The molecule has 138 valence electrons. The van der Waals surface area contributed by atoms with Crippen LogP contribution in [-0.2, 0) is 13.6 Å². The summed E-state index contributed by atoms with van der Waals surface area (Å²) in [6.07, 6.45) is 0. The fraction of sp³-hybridized carbons (Fsp3) is 0.389. The smallest absolute Gasteiger partial charge is 0.267 e. The van der Waals surface area contributed by atoms with Crippen molar-refractivity contribution in [2.45, 2.75) is 25.5 Å². The molecule has 1 aromatic carbocycles. The third-order valence-electron chi connectivity index (χ3n) is 4.32. The number of carbonyl (C=O) groups is 1. The minimum Gasteiger partial charge on any atom is -0.497 e. The fourth-order valence-electron chi connectivity index (χ4n) is 2.88. The van der Waals surface area contributed by atoms with E-state index < -0.39 is 0 Å². The third-order valence-corrected chi connectivity index (χ3v) is 5.29. The first-order chi connectivity index (χ1) is 12.5. The van der Waals surface area contributed by atoms with Gasteiger partial charge in [-0.1, -0.05) is 11.8 Å². The molecule has 0 bridgehead atoms. The Bertz CT molecular complexity index is 931. The number of fused-ring (bicyclic) bond motifs is 1. The molecular weight excluding hydrogens is 350 g/mol. The van der Waals surface area contributed by atoms with Crippen molar-refractivity contribution in [3.05, 3.63) is 35.8 Å². The Balaban J connectivity index is 1.61. The number of hydrogen-bond donors (Lipinski definition) is 1. The van der Waals surface area contributed by atoms with Crippen LogP contribution in [0.4, 0.5) is 0 Å². The lowest BCUT2D eigenvalue weighted by atomic mass is 10.2. The molecule has 2 heterocycles. The molecule has 26 heavy (non-hydrogen) atoms. The van der Waals surface area contributed by atoms with Gasteiger partial charge in [-0.05, 0) is 32.0 Å². The molecule has 0 aliphatic heterocycles. The molecular formula is C18H23N5O2S. The second kappa shape index (κ2) is 7.82. The molecule has 0 atom stereocenters. The molecule has 2 aromatic heterocycles. The molecule has 0 saturated heterocycles. The largest absolute Gasteiger partial charge is 0.497 e. The molecule has 0 aliphatic rings. The number of carbonyl (C=O) groups excluding carboxylic acids is 1. The minimum atomic E-state index is -0.0867. The lowest BCUT2D eigenvalue weighted by molar-refractivity contribution is 0.0948. The Hall–Kier alpha value is -2.48. The van der Waals surface area contributed by atoms with Crippen molar-refractivity contribution >= 4 is 28.6 Å². The van der Waals surface area contributed by atoms with Gasteiger partial charge in [0, 0.05) is 37.3 Å². The molecule has 0 radical (unpaired) electrons. The molecule has 1 N–H and O–H groups in total. The van der Waals surface area contributed by atoms with E-state index in [9.17, 15) is 4.79 Å². The van der Waals surface area contributed by atoms with Crippen molar-refractivity contribution in [3.63, 3.8) is 0 Å². The SMILES string of the molecule is CCn1c(C)nnc1SCCNC(=O)c1cc2ccc(OC)cc2n1C. The number of amides is 1. The van der Waals surface area contributed by atoms with Crippen LogP contribution >= 0.6 is 11.8 Å². The molecule has 3 rings (SSSR count). The molecule has 0 unspecified atom stereocenters. The summed E-state index contributed by atoms with van der Waals surface area (Å²) in [7, 11) is 3.52. The van der Waals surface area contributed by atoms with Crippen molar-refractivity contribution in [1.29, 1.82) is 0 Å². The van der Waals surface area contributed by atoms with Gasteiger partial charge in [-0.2, -0.15) is 0 Å². The van der Waals surface area contributed by atoms with Crippen molar-refractivity contribution in [2.75, 3.05) is 19.4 Å². The van der Waals surface area contributed by atoms with Gasteiger partial charge in [0.1, 0.15) is 17.3 Å². The van der Waals surface area contributed by atoms with Gasteiger partial charge >= 0.3 is 0 Å². The highest BCUT2D eigenvalue weighted by Gasteiger charge is 2.14. The Kier molecular flexibility index (Phi) is 5.51. The molecule has 8 heteroatoms. The Morgan fingerprint density at radius 2 is 2.12 bits per heavy atom. The normalized spacial score (nSPS) is 11.1. The molecule has 3 aromatic rings. The van der Waals surface area contributed by atoms with E-state index >= 15 is 0 Å². The van der Waals surface area contributed by atoms with Crippen molar-refractivity contribution in [1.82, 2.24) is 24.6 Å². The standard InChI is InChI=1S/C18H23N5O2S/c1-5-23-12(2)20-21-18(23)26-9-8-19-17(24)16-10-13-6-7-14(25-4)11-15(13)22(16)3/h6-7,10-11H,5,8-9H2,1-4H3,(H,19,24). The zero-order valence-electron chi connectivity index (χ0n) is 15.4. The first kappa shape index (κ1) is 18.3. The van der Waals surface area contributed by atoms with E-state index in [-0.39, 0.29) is 5.91 Å². The van der Waals surface area contributed by atoms with Crippen LogP contribution in [0.3, 0.4) is 0 Å². The first-order valence-corrected chi connectivity index (χ1v) is 9.48. The number of nitrogens with one attached hydrogen (secondary N) is 1. The van der Waals surface area contributed by atoms with E-state index in [2.05, 4.69) is 27.0 Å². The topological polar surface area (TPSA) is 74.0 Å². The fourth-order valence-corrected chi connectivity index (χ4v) is 3.79. The maximum absolute atomic E-state index is 12.5. The van der Waals surface area contributed by atoms with Crippen molar-refractivity contribution in [2.24, 2.45) is 7.05 Å². The van der Waals surface area contributed by atoms with E-state index in [1.54, 1.807) is 18.9 Å². The summed E-state index contributed by atoms with van der Waals surface area (Å²) in [4.78, 5) is 12.5. The van der Waals surface area contributed by atoms with Crippen LogP contribution in [0.1, 0.15) is 23.2 Å². The lowest BCUT2D eigenvalue weighted by Gasteiger charge is -2.07. The quantitative estimate of drug-likeness (QED) is 0.509. The number of methoxy groups -OCH3 is 1. The number of benzene rings is 1. The summed E-state index contributed by atoms with van der Waals surface area (Å²) in [6.45, 7) is 5.41. The van der Waals surface area contributed by atoms with Gasteiger partial charge in [0.25, 0.3) is 5.91 Å². The van der Waals surface area contributed by atoms with E-state index in [1.165, 1.54) is 0 Å². The molecule has 0 spiro atoms. The Morgan fingerprint density at radius 3 is 2.85 bits per heavy atom. The summed E-state index contributed by atoms with van der Waals surface area (Å²) < 4.78 is 9.21. The predicted octanol–water partition coefficient (Wildman–Crippen LogP) is 2.63. The predicted molar refractivity (Wildman–Crippen MR) is 103 cm³/mol. The summed E-state index contributed by atoms with van der Waals surface area (Å²) in [5, 5.41) is 13.1. The van der Waals surface area contributed by atoms with Gasteiger partial charge in [0.2, 0.25) is 0 Å². The van der Waals surface area contributed by atoms with Gasteiger partial charge in [0.05, 0.1) is 12.6 Å². The van der Waals surface area contributed by atoms with E-state index in [1.807, 2.05) is 42.8 Å². The molecule has 7 nitrogen and oxygen atoms in total. The summed E-state index contributed by atoms with van der Waals surface area (Å²) in [6, 6.07) is 7.68. The van der Waals surface area contributed by atoms with Crippen LogP contribution in [0.25, 0.3) is 10.9 Å². The van der Waals surface area contributed by atoms with E-state index in [4.69, 9.17) is 4.74 Å². The number of aromatic nitrogens is 4. The van der Waals surface area contributed by atoms with Crippen molar-refractivity contribution < 1.29 is 9.53 Å². The number of thioether (sulfide) groups is 1. The minimum absolute atomic E-state index is 0.0867. The average Bonchev–Trinajstić information content (AvgIpc) is 3.18. The number of rotatable bonds is 7. The van der Waals surface area contributed by atoms with Crippen LogP contribution in [0.2, 0.25) is 0 Å². The van der Waals surface area contributed by atoms with Gasteiger partial charge < -0.3 is 19.2 Å². The molecule has 0 saturated carbocycles. The lowest BCUT2D eigenvalue weighted by Crippen LogP contribution is -2.27. The second-order valence-electron chi connectivity index (χ2n) is 5.89. The van der Waals surface area contributed by atoms with Crippen LogP contribution in [0.15, 0.2) is 29.4 Å². The maximum atomic E-state index is 12.5. The summed E-state index contributed by atoms with van der Waals surface area (Å²) in [5.41, 5.74) is 1.60. The maximum Gasteiger partial charge on any atom is 0.267 e. The van der Waals surface area contributed by atoms with Crippen LogP contribution in [-0.4, -0.2) is 44.6 Å². The van der Waals surface area contributed by atoms with Gasteiger partial charge in [-0.15, -0.1) is 10.2 Å². The Morgan fingerprint density at radius 1 is 1.31 bits per heavy atom. The highest BCUT2D eigenvalue weighted by atomic mass is 32.2. The number of ether oxygens (including phenoxy) is 1. The number of nitrogens with zero attached hydrogens (tertiary/aromatic N) is 4. The monoisotopic (exact) mass is 373 g/mol. The zero-order valence-corrected chi connectivity index (χ0v) is 16.3. The Labute approximate surface area is 156 Å². The van der Waals surface area contributed by atoms with Gasteiger partial charge in [0.15, 0.2) is 5.16 Å². The van der Waals surface area contributed by atoms with E-state index in [0.717, 1.165) is 39.9 Å². The van der Waals surface area contributed by atoms with Crippen molar-refractivity contribution in [3.8, 4) is 5.75 Å². The zero-order chi connectivity index (χ0) is 18.7. The molecule has 0 fully saturated rings. The van der Waals surface area contributed by atoms with E-state index in [0.29, 0.717) is 12.2 Å².